The monoisotopic (exact) mass is 375 g/mol. The zero-order valence-corrected chi connectivity index (χ0v) is 17.4. The van der Waals surface area contributed by atoms with E-state index in [9.17, 15) is 0 Å². The Bertz CT molecular complexity index is 1370. The number of nitrogens with zero attached hydrogens (tertiary/aromatic N) is 1. The maximum absolute atomic E-state index is 6.34. The van der Waals surface area contributed by atoms with Gasteiger partial charge < -0.3 is 4.42 Å². The summed E-state index contributed by atoms with van der Waals surface area (Å²) in [5.41, 5.74) is 5.25. The number of rotatable bonds is 3. The average molecular weight is 375 g/mol. The van der Waals surface area contributed by atoms with Gasteiger partial charge in [-0.1, -0.05) is 66.9 Å². The predicted octanol–water partition coefficient (Wildman–Crippen LogP) is 4.88. The summed E-state index contributed by atoms with van der Waals surface area (Å²) in [6, 6.07) is 23.5. The fourth-order valence-electron chi connectivity index (χ4n) is 3.99. The van der Waals surface area contributed by atoms with Gasteiger partial charge in [-0.15, -0.1) is 0 Å². The number of fused-ring (bicyclic) bond motifs is 5. The highest BCUT2D eigenvalue weighted by Crippen LogP contribution is 2.36. The summed E-state index contributed by atoms with van der Waals surface area (Å²) >= 11 is 0. The van der Waals surface area contributed by atoms with Crippen molar-refractivity contribution in [3.05, 3.63) is 78.5 Å². The van der Waals surface area contributed by atoms with Crippen molar-refractivity contribution in [2.75, 3.05) is 0 Å². The molecule has 5 rings (SSSR count). The summed E-state index contributed by atoms with van der Waals surface area (Å²) < 4.78 is 6.34. The normalized spacial score (nSPS) is 12.4. The molecule has 29 heavy (non-hydrogen) atoms. The van der Waals surface area contributed by atoms with E-state index in [0.717, 1.165) is 38.6 Å². The van der Waals surface area contributed by atoms with Gasteiger partial charge in [-0.25, -0.2) is 0 Å². The molecule has 5 aromatic rings. The lowest BCUT2D eigenvalue weighted by Gasteiger charge is -2.30. The molecule has 0 unspecified atom stereocenters. The quantitative estimate of drug-likeness (QED) is 0.421. The van der Waals surface area contributed by atoms with E-state index < -0.39 is 0 Å². The van der Waals surface area contributed by atoms with Crippen LogP contribution >= 0.6 is 0 Å². The fraction of sp³-hybridized carbons (Fsp3) is 0.160. The Morgan fingerprint density at radius 3 is 2.48 bits per heavy atom. The highest BCUT2D eigenvalue weighted by molar-refractivity contribution is 6.40. The Hall–Kier alpha value is -3.00. The van der Waals surface area contributed by atoms with Gasteiger partial charge in [0.05, 0.1) is 5.69 Å². The Labute approximate surface area is 172 Å². The smallest absolute Gasteiger partial charge is 0.143 e. The highest BCUT2D eigenvalue weighted by atomic mass is 16.3. The minimum absolute atomic E-state index is 0.0973. The van der Waals surface area contributed by atoms with E-state index >= 15 is 0 Å². The first kappa shape index (κ1) is 18.1. The predicted molar refractivity (Wildman–Crippen MR) is 128 cm³/mol. The molecular formula is C25H23B2NO. The van der Waals surface area contributed by atoms with Crippen LogP contribution in [-0.4, -0.2) is 20.7 Å². The Balaban J connectivity index is 1.67. The zero-order chi connectivity index (χ0) is 20.2. The molecule has 0 fully saturated rings. The molecule has 0 atom stereocenters. The van der Waals surface area contributed by atoms with E-state index in [0.29, 0.717) is 5.92 Å². The van der Waals surface area contributed by atoms with Crippen LogP contribution in [0, 0.1) is 5.92 Å². The van der Waals surface area contributed by atoms with Crippen LogP contribution in [0.5, 0.6) is 0 Å². The minimum Gasteiger partial charge on any atom is -0.455 e. The highest BCUT2D eigenvalue weighted by Gasteiger charge is 2.25. The number of hydrogen-bond donors (Lipinski definition) is 0. The molecule has 0 saturated heterocycles. The van der Waals surface area contributed by atoms with Gasteiger partial charge in [0.2, 0.25) is 0 Å². The molecular weight excluding hydrogens is 352 g/mol. The lowest BCUT2D eigenvalue weighted by Crippen LogP contribution is -2.33. The van der Waals surface area contributed by atoms with Crippen LogP contribution in [0.15, 0.2) is 77.3 Å². The van der Waals surface area contributed by atoms with Gasteiger partial charge in [-0.3, -0.25) is 4.98 Å². The number of furan rings is 1. The van der Waals surface area contributed by atoms with Gasteiger partial charge in [0.15, 0.2) is 0 Å². The molecule has 0 radical (unpaired) electrons. The van der Waals surface area contributed by atoms with Gasteiger partial charge in [-0.2, -0.15) is 0 Å². The summed E-state index contributed by atoms with van der Waals surface area (Å²) in [5.74, 6) is 0.545. The second kappa shape index (κ2) is 6.52. The van der Waals surface area contributed by atoms with Crippen LogP contribution in [0.2, 0.25) is 0 Å². The minimum atomic E-state index is 0.0973. The van der Waals surface area contributed by atoms with Gasteiger partial charge in [0.1, 0.15) is 26.9 Å². The Morgan fingerprint density at radius 2 is 1.66 bits per heavy atom. The summed E-state index contributed by atoms with van der Waals surface area (Å²) in [6.07, 6.45) is 1.92. The molecule has 4 heteroatoms. The first-order chi connectivity index (χ1) is 13.9. The first-order valence-electron chi connectivity index (χ1n) is 10.3. The van der Waals surface area contributed by atoms with Gasteiger partial charge in [0.25, 0.3) is 0 Å². The van der Waals surface area contributed by atoms with Crippen LogP contribution in [0.4, 0.5) is 0 Å². The number of aromatic nitrogens is 1. The average Bonchev–Trinajstić information content (AvgIpc) is 3.12. The lowest BCUT2D eigenvalue weighted by molar-refractivity contribution is 0.570. The number of pyridine rings is 1. The maximum Gasteiger partial charge on any atom is 0.143 e. The molecule has 0 aliphatic rings. The van der Waals surface area contributed by atoms with Gasteiger partial charge in [-0.05, 0) is 35.7 Å². The van der Waals surface area contributed by atoms with Gasteiger partial charge >= 0.3 is 0 Å². The third-order valence-electron chi connectivity index (χ3n) is 6.61. The summed E-state index contributed by atoms with van der Waals surface area (Å²) in [7, 11) is 4.59. The molecule has 0 amide bonds. The standard InChI is InChI=1S/C25H23B2NO/c1-15(2)25(26,27)18-11-12-28-22(14-18)17-8-9-20-21-10-7-16-5-3-4-6-19(16)24(21)29-23(20)13-17/h3-15H,26-27H2,1-2H3. The van der Waals surface area contributed by atoms with Crippen LogP contribution in [0.1, 0.15) is 19.4 Å². The van der Waals surface area contributed by atoms with Crippen molar-refractivity contribution in [3.63, 3.8) is 0 Å². The largest absolute Gasteiger partial charge is 0.455 e. The van der Waals surface area contributed by atoms with Crippen molar-refractivity contribution in [3.8, 4) is 11.3 Å². The SMILES string of the molecule is BC(B)(c1ccnc(-c2ccc3c(c2)oc2c4ccccc4ccc32)c1)C(C)C. The molecule has 2 aromatic heterocycles. The van der Waals surface area contributed by atoms with Crippen molar-refractivity contribution >= 4 is 48.4 Å². The van der Waals surface area contributed by atoms with Crippen molar-refractivity contribution in [1.29, 1.82) is 0 Å². The Morgan fingerprint density at radius 1 is 0.862 bits per heavy atom. The molecule has 0 aliphatic heterocycles. The lowest BCUT2D eigenvalue weighted by atomic mass is 9.46. The summed E-state index contributed by atoms with van der Waals surface area (Å²) in [4.78, 5) is 4.65. The molecule has 2 nitrogen and oxygen atoms in total. The van der Waals surface area contributed by atoms with E-state index in [1.165, 1.54) is 10.9 Å². The Kier molecular flexibility index (Phi) is 4.06. The molecule has 0 aliphatic carbocycles. The van der Waals surface area contributed by atoms with Crippen LogP contribution in [-0.2, 0) is 5.21 Å². The first-order valence-corrected chi connectivity index (χ1v) is 10.3. The van der Waals surface area contributed by atoms with Crippen molar-refractivity contribution in [2.45, 2.75) is 19.1 Å². The van der Waals surface area contributed by atoms with E-state index in [-0.39, 0.29) is 5.21 Å². The van der Waals surface area contributed by atoms with E-state index in [4.69, 9.17) is 4.42 Å². The van der Waals surface area contributed by atoms with Crippen LogP contribution < -0.4 is 0 Å². The van der Waals surface area contributed by atoms with Crippen molar-refractivity contribution < 1.29 is 4.42 Å². The van der Waals surface area contributed by atoms with Crippen molar-refractivity contribution in [2.24, 2.45) is 5.92 Å². The zero-order valence-electron chi connectivity index (χ0n) is 17.4. The van der Waals surface area contributed by atoms with Crippen LogP contribution in [0.25, 0.3) is 44.0 Å². The van der Waals surface area contributed by atoms with Crippen LogP contribution in [0.3, 0.4) is 0 Å². The van der Waals surface area contributed by atoms with Crippen molar-refractivity contribution in [1.82, 2.24) is 4.98 Å². The summed E-state index contributed by atoms with van der Waals surface area (Å²) in [6.45, 7) is 4.54. The molecule has 0 bridgehead atoms. The number of hydrogen-bond acceptors (Lipinski definition) is 2. The third-order valence-corrected chi connectivity index (χ3v) is 6.61. The topological polar surface area (TPSA) is 26.0 Å². The molecule has 0 N–H and O–H groups in total. The fourth-order valence-corrected chi connectivity index (χ4v) is 3.99. The van der Waals surface area contributed by atoms with Gasteiger partial charge in [0, 0.05) is 27.9 Å². The molecule has 140 valence electrons. The molecule has 3 aromatic carbocycles. The summed E-state index contributed by atoms with van der Waals surface area (Å²) in [5, 5.41) is 4.76. The second-order valence-corrected chi connectivity index (χ2v) is 8.78. The molecule has 2 heterocycles. The van der Waals surface area contributed by atoms with E-state index in [1.807, 2.05) is 6.20 Å². The molecule has 0 saturated carbocycles. The molecule has 0 spiro atoms. The maximum atomic E-state index is 6.34. The second-order valence-electron chi connectivity index (χ2n) is 8.78. The van der Waals surface area contributed by atoms with E-state index in [2.05, 4.69) is 101 Å². The van der Waals surface area contributed by atoms with E-state index in [1.54, 1.807) is 0 Å². The third kappa shape index (κ3) is 2.86. The number of benzene rings is 3.